The second kappa shape index (κ2) is 10.7. The third-order valence-corrected chi connectivity index (χ3v) is 0.598. The molecule has 0 saturated heterocycles. The minimum Gasteiger partial charge on any atom is -0.550 e. The van der Waals surface area contributed by atoms with Crippen LogP contribution >= 0.6 is 0 Å². The van der Waals surface area contributed by atoms with Gasteiger partial charge in [-0.1, -0.05) is 0 Å². The van der Waals surface area contributed by atoms with Gasteiger partial charge in [0.1, 0.15) is 6.42 Å². The Labute approximate surface area is 99.0 Å². The zero-order valence-corrected chi connectivity index (χ0v) is 8.58. The van der Waals surface area contributed by atoms with Gasteiger partial charge in [0.05, 0.1) is 12.4 Å². The molecule has 0 rings (SSSR count). The van der Waals surface area contributed by atoms with Gasteiger partial charge in [-0.25, -0.2) is 0 Å². The van der Waals surface area contributed by atoms with Gasteiger partial charge >= 0.3 is 40.3 Å². The number of rotatable bonds is 4. The Morgan fingerprint density at radius 1 is 0.800 bits per heavy atom. The van der Waals surface area contributed by atoms with Crippen LogP contribution in [0.25, 0.3) is 0 Å². The first kappa shape index (κ1) is 19.2. The Morgan fingerprint density at radius 3 is 1.07 bits per heavy atom. The van der Waals surface area contributed by atoms with Crippen molar-refractivity contribution in [2.45, 2.75) is 12.8 Å². The zero-order chi connectivity index (χ0) is 11.7. The van der Waals surface area contributed by atoms with Gasteiger partial charge in [-0.3, -0.25) is 14.4 Å². The van der Waals surface area contributed by atoms with Gasteiger partial charge in [0.2, 0.25) is 0 Å². The fourth-order valence-electron chi connectivity index (χ4n) is 0.253. The van der Waals surface area contributed by atoms with E-state index in [0.717, 1.165) is 0 Å². The molecule has 8 nitrogen and oxygen atoms in total. The van der Waals surface area contributed by atoms with Crippen molar-refractivity contribution in [2.75, 3.05) is 0 Å². The summed E-state index contributed by atoms with van der Waals surface area (Å²) in [6, 6.07) is 0. The van der Waals surface area contributed by atoms with Crippen molar-refractivity contribution in [1.29, 1.82) is 0 Å². The molecule has 0 heterocycles. The van der Waals surface area contributed by atoms with Gasteiger partial charge in [-0.15, -0.1) is 0 Å². The summed E-state index contributed by atoms with van der Waals surface area (Å²) in [5.41, 5.74) is 0. The average Bonchev–Trinajstić information content (AvgIpc) is 1.79. The van der Waals surface area contributed by atoms with Gasteiger partial charge in [0.25, 0.3) is 0 Å². The minimum atomic E-state index is -1.56. The molecule has 0 aromatic rings. The molecule has 0 unspecified atom stereocenters. The van der Waals surface area contributed by atoms with Crippen LogP contribution in [0.4, 0.5) is 0 Å². The van der Waals surface area contributed by atoms with E-state index in [1.54, 1.807) is 0 Å². The topological polar surface area (TPSA) is 152 Å². The number of carbonyl (C=O) groups excluding carboxylic acids is 1. The van der Waals surface area contributed by atoms with Crippen molar-refractivity contribution < 1.29 is 62.0 Å². The van der Waals surface area contributed by atoms with Crippen molar-refractivity contribution in [3.63, 3.8) is 0 Å². The summed E-state index contributed by atoms with van der Waals surface area (Å²) in [7, 11) is 0. The number of hydrogen-bond acceptors (Lipinski definition) is 5. The molecule has 0 radical (unpaired) electrons. The van der Waals surface area contributed by atoms with Crippen molar-refractivity contribution in [2.24, 2.45) is 0 Å². The van der Waals surface area contributed by atoms with Crippen molar-refractivity contribution in [3.05, 3.63) is 0 Å². The number of hydrogen-bond donors (Lipinski definition) is 3. The monoisotopic (exact) mass is 314 g/mol. The van der Waals surface area contributed by atoms with Crippen LogP contribution in [0.2, 0.25) is 0 Å². The van der Waals surface area contributed by atoms with E-state index in [-0.39, 0.29) is 22.4 Å². The number of aliphatic carboxylic acids is 4. The largest absolute Gasteiger partial charge is 1.00 e. The smallest absolute Gasteiger partial charge is 0.550 e. The Kier molecular flexibility index (Phi) is 13.7. The van der Waals surface area contributed by atoms with Crippen molar-refractivity contribution >= 4 is 23.9 Å². The van der Waals surface area contributed by atoms with E-state index < -0.39 is 36.7 Å². The Balaban J connectivity index is -0.000000180. The molecule has 0 spiro atoms. The van der Waals surface area contributed by atoms with E-state index in [4.69, 9.17) is 15.3 Å². The van der Waals surface area contributed by atoms with Gasteiger partial charge < -0.3 is 25.2 Å². The molecule has 9 heteroatoms. The van der Waals surface area contributed by atoms with E-state index in [0.29, 0.717) is 0 Å². The summed E-state index contributed by atoms with van der Waals surface area (Å²) in [6.07, 6.45) is -1.72. The Morgan fingerprint density at radius 2 is 1.07 bits per heavy atom. The molecule has 0 atom stereocenters. The molecule has 3 N–H and O–H groups in total. The van der Waals surface area contributed by atoms with Crippen LogP contribution in [0, 0.1) is 0 Å². The van der Waals surface area contributed by atoms with Crippen LogP contribution in [-0.2, 0) is 41.6 Å². The number of carbonyl (C=O) groups is 4. The van der Waals surface area contributed by atoms with E-state index in [1.807, 2.05) is 0 Å². The number of carboxylic acid groups (broad SMARTS) is 4. The summed E-state index contributed by atoms with van der Waals surface area (Å²) in [5, 5.41) is 32.4. The molecule has 0 aromatic carbocycles. The van der Waals surface area contributed by atoms with Gasteiger partial charge in [0, 0.05) is 0 Å². The van der Waals surface area contributed by atoms with E-state index >= 15 is 0 Å². The molecule has 0 amide bonds. The summed E-state index contributed by atoms with van der Waals surface area (Å²) in [5.74, 6) is -5.56. The molecule has 0 saturated carbocycles. The fourth-order valence-corrected chi connectivity index (χ4v) is 0.253. The maximum atomic E-state index is 9.43. The predicted molar refractivity (Wildman–Crippen MR) is 37.1 cm³/mol. The van der Waals surface area contributed by atoms with Gasteiger partial charge in [-0.05, 0) is 0 Å². The average molecular weight is 315 g/mol. The van der Waals surface area contributed by atoms with Gasteiger partial charge in [0.15, 0.2) is 0 Å². The minimum absolute atomic E-state index is 0. The molecule has 0 bridgehead atoms. The maximum Gasteiger partial charge on any atom is 1.00 e. The van der Waals surface area contributed by atoms with Crippen LogP contribution in [0.15, 0.2) is 0 Å². The fraction of sp³-hybridized carbons (Fsp3) is 0.333. The van der Waals surface area contributed by atoms with E-state index in [1.165, 1.54) is 0 Å². The summed E-state index contributed by atoms with van der Waals surface area (Å²) in [4.78, 5) is 37.6. The molecular weight excluding hydrogens is 308 g/mol. The Bertz CT molecular complexity index is 198. The molecular formula is C6H7AgO8. The molecule has 0 fully saturated rings. The first-order valence-corrected chi connectivity index (χ1v) is 3.11. The van der Waals surface area contributed by atoms with Crippen LogP contribution in [0.1, 0.15) is 12.8 Å². The third-order valence-electron chi connectivity index (χ3n) is 0.598. The quantitative estimate of drug-likeness (QED) is 0.389. The SMILES string of the molecule is O=C(O)CC(=O)O.O=C([O-])CC(=O)O.[Ag+]. The molecule has 90 valence electrons. The van der Waals surface area contributed by atoms with E-state index in [2.05, 4.69) is 0 Å². The van der Waals surface area contributed by atoms with Crippen molar-refractivity contribution in [3.8, 4) is 0 Å². The van der Waals surface area contributed by atoms with Crippen LogP contribution in [0.3, 0.4) is 0 Å². The molecule has 0 aliphatic rings. The second-order valence-corrected chi connectivity index (χ2v) is 1.91. The summed E-state index contributed by atoms with van der Waals surface area (Å²) >= 11 is 0. The Hall–Kier alpha value is -1.38. The normalized spacial score (nSPS) is 7.47. The summed E-state index contributed by atoms with van der Waals surface area (Å²) < 4.78 is 0. The molecule has 0 aliphatic heterocycles. The first-order chi connectivity index (χ1) is 6.25. The maximum absolute atomic E-state index is 9.43. The molecule has 0 aromatic heterocycles. The first-order valence-electron chi connectivity index (χ1n) is 3.11. The molecule has 15 heavy (non-hydrogen) atoms. The number of carboxylic acids is 4. The summed E-state index contributed by atoms with van der Waals surface area (Å²) in [6.45, 7) is 0. The second-order valence-electron chi connectivity index (χ2n) is 1.91. The van der Waals surface area contributed by atoms with Crippen LogP contribution in [0.5, 0.6) is 0 Å². The standard InChI is InChI=1S/2C3H4O4.Ag/c2*4-2(5)1-3(6)7;/h2*1H2,(H,4,5)(H,6,7);/q;;+1/p-1. The molecule has 0 aliphatic carbocycles. The van der Waals surface area contributed by atoms with Crippen LogP contribution < -0.4 is 5.11 Å². The predicted octanol–water partition coefficient (Wildman–Crippen LogP) is -2.25. The van der Waals surface area contributed by atoms with Crippen LogP contribution in [-0.4, -0.2) is 39.2 Å². The zero-order valence-electron chi connectivity index (χ0n) is 7.10. The van der Waals surface area contributed by atoms with E-state index in [9.17, 15) is 24.3 Å². The third kappa shape index (κ3) is 32.5. The van der Waals surface area contributed by atoms with Crippen molar-refractivity contribution in [1.82, 2.24) is 0 Å². The van der Waals surface area contributed by atoms with Gasteiger partial charge in [-0.2, -0.15) is 0 Å².